The fraction of sp³-hybridized carbons (Fsp3) is 0.474. The zero-order valence-corrected chi connectivity index (χ0v) is 14.8. The predicted octanol–water partition coefficient (Wildman–Crippen LogP) is 1.36. The average molecular weight is 340 g/mol. The molecule has 0 bridgehead atoms. The van der Waals surface area contributed by atoms with Crippen LogP contribution in [0, 0.1) is 0 Å². The third kappa shape index (κ3) is 3.07. The van der Waals surface area contributed by atoms with Crippen molar-refractivity contribution in [2.45, 2.75) is 19.0 Å². The van der Waals surface area contributed by atoms with Gasteiger partial charge in [-0.3, -0.25) is 14.7 Å². The molecule has 132 valence electrons. The number of piperazine rings is 1. The Kier molecular flexibility index (Phi) is 4.31. The molecule has 0 aromatic carbocycles. The lowest BCUT2D eigenvalue weighted by molar-refractivity contribution is -0.0691. The molecule has 4 rings (SSSR count). The van der Waals surface area contributed by atoms with Gasteiger partial charge in [-0.15, -0.1) is 0 Å². The molecule has 2 aliphatic heterocycles. The first-order valence-corrected chi connectivity index (χ1v) is 8.84. The smallest absolute Gasteiger partial charge is 0.259 e. The van der Waals surface area contributed by atoms with Crippen LogP contribution in [0.1, 0.15) is 6.92 Å². The number of nitrogens with zero attached hydrogens (tertiary/aromatic N) is 4. The van der Waals surface area contributed by atoms with E-state index in [1.165, 1.54) is 0 Å². The van der Waals surface area contributed by atoms with Gasteiger partial charge >= 0.3 is 0 Å². The molecule has 0 aliphatic carbocycles. The van der Waals surface area contributed by atoms with E-state index in [1.54, 1.807) is 17.8 Å². The van der Waals surface area contributed by atoms with Crippen molar-refractivity contribution in [2.75, 3.05) is 37.7 Å². The second-order valence-electron chi connectivity index (χ2n) is 6.97. The van der Waals surface area contributed by atoms with Crippen LogP contribution in [0.2, 0.25) is 0 Å². The molecule has 1 atom stereocenters. The summed E-state index contributed by atoms with van der Waals surface area (Å²) in [5.74, 6) is 0. The van der Waals surface area contributed by atoms with Gasteiger partial charge in [0.05, 0.1) is 42.4 Å². The standard InChI is InChI=1S/C19H24N4O2/c1-14-11-22(16-12-25-13-16)8-9-23(14)15-5-6-18(20-10-15)17-4-3-7-21(2)19(17)24/h3-7,10,14,16H,8-9,11-13H2,1-2H3. The van der Waals surface area contributed by atoms with Crippen molar-refractivity contribution in [3.8, 4) is 11.3 Å². The first-order valence-electron chi connectivity index (χ1n) is 8.84. The summed E-state index contributed by atoms with van der Waals surface area (Å²) in [6.45, 7) is 7.09. The Balaban J connectivity index is 1.50. The zero-order valence-electron chi connectivity index (χ0n) is 14.8. The molecule has 2 saturated heterocycles. The normalized spacial score (nSPS) is 22.0. The summed E-state index contributed by atoms with van der Waals surface area (Å²) in [6, 6.07) is 8.76. The maximum Gasteiger partial charge on any atom is 0.259 e. The van der Waals surface area contributed by atoms with E-state index in [1.807, 2.05) is 24.4 Å². The second-order valence-corrected chi connectivity index (χ2v) is 6.97. The third-order valence-corrected chi connectivity index (χ3v) is 5.27. The predicted molar refractivity (Wildman–Crippen MR) is 97.9 cm³/mol. The maximum absolute atomic E-state index is 12.2. The van der Waals surface area contributed by atoms with Gasteiger partial charge in [0.2, 0.25) is 0 Å². The topological polar surface area (TPSA) is 50.6 Å². The highest BCUT2D eigenvalue weighted by Gasteiger charge is 2.32. The molecule has 2 aromatic heterocycles. The molecule has 0 amide bonds. The van der Waals surface area contributed by atoms with E-state index in [0.717, 1.165) is 44.2 Å². The van der Waals surface area contributed by atoms with Crippen molar-refractivity contribution in [2.24, 2.45) is 7.05 Å². The van der Waals surface area contributed by atoms with Crippen molar-refractivity contribution >= 4 is 5.69 Å². The monoisotopic (exact) mass is 340 g/mol. The second kappa shape index (κ2) is 6.61. The summed E-state index contributed by atoms with van der Waals surface area (Å²) < 4.78 is 6.90. The van der Waals surface area contributed by atoms with E-state index in [9.17, 15) is 4.79 Å². The Bertz CT molecular complexity index is 798. The summed E-state index contributed by atoms with van der Waals surface area (Å²) in [4.78, 5) is 21.7. The van der Waals surface area contributed by atoms with Crippen LogP contribution in [0.4, 0.5) is 5.69 Å². The number of hydrogen-bond donors (Lipinski definition) is 0. The molecule has 0 N–H and O–H groups in total. The van der Waals surface area contributed by atoms with Crippen LogP contribution < -0.4 is 10.5 Å². The first kappa shape index (κ1) is 16.3. The molecule has 2 aliphatic rings. The Morgan fingerprint density at radius 3 is 2.68 bits per heavy atom. The molecular formula is C19H24N4O2. The van der Waals surface area contributed by atoms with E-state index < -0.39 is 0 Å². The number of aromatic nitrogens is 2. The number of rotatable bonds is 3. The molecule has 6 nitrogen and oxygen atoms in total. The molecule has 0 saturated carbocycles. The summed E-state index contributed by atoms with van der Waals surface area (Å²) >= 11 is 0. The lowest BCUT2D eigenvalue weighted by atomic mass is 10.1. The highest BCUT2D eigenvalue weighted by Crippen LogP contribution is 2.24. The van der Waals surface area contributed by atoms with E-state index in [0.29, 0.717) is 17.6 Å². The van der Waals surface area contributed by atoms with Crippen molar-refractivity contribution in [3.63, 3.8) is 0 Å². The van der Waals surface area contributed by atoms with Gasteiger partial charge in [0.15, 0.2) is 0 Å². The number of pyridine rings is 2. The van der Waals surface area contributed by atoms with Gasteiger partial charge < -0.3 is 14.2 Å². The van der Waals surface area contributed by atoms with Gasteiger partial charge in [0, 0.05) is 38.9 Å². The van der Waals surface area contributed by atoms with Crippen LogP contribution in [0.5, 0.6) is 0 Å². The molecule has 0 radical (unpaired) electrons. The van der Waals surface area contributed by atoms with Crippen molar-refractivity contribution in [1.82, 2.24) is 14.5 Å². The van der Waals surface area contributed by atoms with Crippen LogP contribution in [0.25, 0.3) is 11.3 Å². The first-order chi connectivity index (χ1) is 12.1. The number of aryl methyl sites for hydroxylation is 1. The third-order valence-electron chi connectivity index (χ3n) is 5.27. The van der Waals surface area contributed by atoms with Gasteiger partial charge in [-0.1, -0.05) is 0 Å². The minimum Gasteiger partial charge on any atom is -0.378 e. The zero-order chi connectivity index (χ0) is 17.4. The Hall–Kier alpha value is -2.18. The minimum atomic E-state index is -0.0209. The average Bonchev–Trinajstić information content (AvgIpc) is 2.56. The molecule has 0 spiro atoms. The molecule has 2 aromatic rings. The van der Waals surface area contributed by atoms with Gasteiger partial charge in [-0.25, -0.2) is 0 Å². The molecule has 1 unspecified atom stereocenters. The number of ether oxygens (including phenoxy) is 1. The van der Waals surface area contributed by atoms with Gasteiger partial charge in [-0.05, 0) is 31.2 Å². The lowest BCUT2D eigenvalue weighted by Gasteiger charge is -2.46. The fourth-order valence-corrected chi connectivity index (χ4v) is 3.64. The lowest BCUT2D eigenvalue weighted by Crippen LogP contribution is -2.59. The number of anilines is 1. The summed E-state index contributed by atoms with van der Waals surface area (Å²) in [5.41, 5.74) is 2.46. The van der Waals surface area contributed by atoms with Crippen molar-refractivity contribution < 1.29 is 4.74 Å². The van der Waals surface area contributed by atoms with Crippen LogP contribution in [-0.2, 0) is 11.8 Å². The van der Waals surface area contributed by atoms with Crippen molar-refractivity contribution in [1.29, 1.82) is 0 Å². The molecule has 4 heterocycles. The molecule has 2 fully saturated rings. The highest BCUT2D eigenvalue weighted by molar-refractivity contribution is 5.60. The van der Waals surface area contributed by atoms with E-state index >= 15 is 0 Å². The fourth-order valence-electron chi connectivity index (χ4n) is 3.64. The van der Waals surface area contributed by atoms with Crippen LogP contribution in [0.3, 0.4) is 0 Å². The van der Waals surface area contributed by atoms with E-state index in [4.69, 9.17) is 4.74 Å². The molecular weight excluding hydrogens is 316 g/mol. The van der Waals surface area contributed by atoms with Crippen LogP contribution in [0.15, 0.2) is 41.5 Å². The SMILES string of the molecule is CC1CN(C2COC2)CCN1c1ccc(-c2cccn(C)c2=O)nc1. The van der Waals surface area contributed by atoms with Crippen LogP contribution >= 0.6 is 0 Å². The molecule has 6 heteroatoms. The van der Waals surface area contributed by atoms with E-state index in [-0.39, 0.29) is 5.56 Å². The number of hydrogen-bond acceptors (Lipinski definition) is 5. The largest absolute Gasteiger partial charge is 0.378 e. The van der Waals surface area contributed by atoms with Gasteiger partial charge in [-0.2, -0.15) is 0 Å². The Morgan fingerprint density at radius 2 is 2.04 bits per heavy atom. The highest BCUT2D eigenvalue weighted by atomic mass is 16.5. The minimum absolute atomic E-state index is 0.0209. The summed E-state index contributed by atoms with van der Waals surface area (Å²) in [7, 11) is 1.76. The Labute approximate surface area is 147 Å². The van der Waals surface area contributed by atoms with E-state index in [2.05, 4.69) is 27.8 Å². The quantitative estimate of drug-likeness (QED) is 0.844. The maximum atomic E-state index is 12.2. The summed E-state index contributed by atoms with van der Waals surface area (Å²) in [5, 5.41) is 0. The Morgan fingerprint density at radius 1 is 1.20 bits per heavy atom. The van der Waals surface area contributed by atoms with Gasteiger partial charge in [0.1, 0.15) is 0 Å². The van der Waals surface area contributed by atoms with Crippen LogP contribution in [-0.4, -0.2) is 59.4 Å². The van der Waals surface area contributed by atoms with Crippen molar-refractivity contribution in [3.05, 3.63) is 47.0 Å². The molecule has 25 heavy (non-hydrogen) atoms. The van der Waals surface area contributed by atoms with Gasteiger partial charge in [0.25, 0.3) is 5.56 Å². The summed E-state index contributed by atoms with van der Waals surface area (Å²) in [6.07, 6.45) is 3.65.